The summed E-state index contributed by atoms with van der Waals surface area (Å²) in [7, 11) is 1.66. The van der Waals surface area contributed by atoms with E-state index in [0.717, 1.165) is 0 Å². The number of methoxy groups -OCH3 is 1. The first-order valence-corrected chi connectivity index (χ1v) is 3.21. The zero-order valence-electron chi connectivity index (χ0n) is 6.64. The van der Waals surface area contributed by atoms with Gasteiger partial charge in [0.15, 0.2) is 0 Å². The number of hydrogen-bond acceptors (Lipinski definition) is 2. The summed E-state index contributed by atoms with van der Waals surface area (Å²) in [5.41, 5.74) is -0.186. The molecule has 0 bridgehead atoms. The van der Waals surface area contributed by atoms with Gasteiger partial charge in [0.25, 0.3) is 0 Å². The molecule has 0 aliphatic rings. The van der Waals surface area contributed by atoms with E-state index in [0.29, 0.717) is 6.42 Å². The smallest absolute Gasteiger partial charge is 0.0647 e. The monoisotopic (exact) mass is 132 g/mol. The lowest BCUT2D eigenvalue weighted by Crippen LogP contribution is -2.27. The quantitative estimate of drug-likeness (QED) is 0.625. The van der Waals surface area contributed by atoms with Crippen molar-refractivity contribution in [1.82, 2.24) is 0 Å². The summed E-state index contributed by atoms with van der Waals surface area (Å²) in [4.78, 5) is 0. The van der Waals surface area contributed by atoms with Gasteiger partial charge in [0.2, 0.25) is 0 Å². The average molecular weight is 132 g/mol. The minimum Gasteiger partial charge on any atom is -0.393 e. The molecule has 0 aliphatic heterocycles. The van der Waals surface area contributed by atoms with E-state index in [1.165, 1.54) is 0 Å². The van der Waals surface area contributed by atoms with Gasteiger partial charge in [0.1, 0.15) is 0 Å². The van der Waals surface area contributed by atoms with Crippen LogP contribution in [0.1, 0.15) is 27.2 Å². The molecule has 0 saturated heterocycles. The molecule has 2 nitrogen and oxygen atoms in total. The van der Waals surface area contributed by atoms with E-state index in [1.54, 1.807) is 14.0 Å². The molecule has 0 fully saturated rings. The minimum atomic E-state index is -0.278. The van der Waals surface area contributed by atoms with Crippen molar-refractivity contribution in [1.29, 1.82) is 0 Å². The van der Waals surface area contributed by atoms with Crippen molar-refractivity contribution in [2.75, 3.05) is 7.11 Å². The third-order valence-electron chi connectivity index (χ3n) is 1.34. The van der Waals surface area contributed by atoms with E-state index in [4.69, 9.17) is 9.84 Å². The Bertz CT molecular complexity index is 77.0. The third kappa shape index (κ3) is 4.43. The summed E-state index contributed by atoms with van der Waals surface area (Å²) < 4.78 is 5.09. The molecular weight excluding hydrogens is 116 g/mol. The largest absolute Gasteiger partial charge is 0.393 e. The maximum atomic E-state index is 8.94. The van der Waals surface area contributed by atoms with Crippen molar-refractivity contribution >= 4 is 0 Å². The molecule has 0 saturated carbocycles. The van der Waals surface area contributed by atoms with Crippen LogP contribution in [0.3, 0.4) is 0 Å². The molecule has 0 aromatic heterocycles. The Morgan fingerprint density at radius 2 is 2.00 bits per heavy atom. The Balaban J connectivity index is 3.58. The molecule has 56 valence electrons. The molecule has 0 aromatic carbocycles. The van der Waals surface area contributed by atoms with Crippen LogP contribution < -0.4 is 0 Å². The van der Waals surface area contributed by atoms with E-state index in [2.05, 4.69) is 0 Å². The summed E-state index contributed by atoms with van der Waals surface area (Å²) in [6.45, 7) is 5.68. The highest BCUT2D eigenvalue weighted by Crippen LogP contribution is 2.14. The van der Waals surface area contributed by atoms with Gasteiger partial charge in [0, 0.05) is 13.5 Å². The lowest BCUT2D eigenvalue weighted by Gasteiger charge is -2.23. The highest BCUT2D eigenvalue weighted by molar-refractivity contribution is 4.69. The topological polar surface area (TPSA) is 29.5 Å². The summed E-state index contributed by atoms with van der Waals surface area (Å²) in [5.74, 6) is 0. The lowest BCUT2D eigenvalue weighted by atomic mass is 10.0. The molecule has 2 heteroatoms. The number of hydrogen-bond donors (Lipinski definition) is 1. The summed E-state index contributed by atoms with van der Waals surface area (Å²) in [5, 5.41) is 8.94. The fourth-order valence-corrected chi connectivity index (χ4v) is 0.795. The van der Waals surface area contributed by atoms with E-state index < -0.39 is 0 Å². The fourth-order valence-electron chi connectivity index (χ4n) is 0.795. The Kier molecular flexibility index (Phi) is 3.15. The fraction of sp³-hybridized carbons (Fsp3) is 1.00. The van der Waals surface area contributed by atoms with Gasteiger partial charge in [-0.3, -0.25) is 0 Å². The SMILES string of the molecule is COC(C)(C)C[C@H](C)O. The molecule has 0 heterocycles. The first-order valence-electron chi connectivity index (χ1n) is 3.21. The van der Waals surface area contributed by atoms with Crippen LogP contribution in [0.4, 0.5) is 0 Å². The molecule has 0 aromatic rings. The van der Waals surface area contributed by atoms with Crippen LogP contribution in [0.5, 0.6) is 0 Å². The lowest BCUT2D eigenvalue weighted by molar-refractivity contribution is -0.0151. The standard InChI is InChI=1S/C7H16O2/c1-6(8)5-7(2,3)9-4/h6,8H,5H2,1-4H3/t6-/m0/s1. The van der Waals surface area contributed by atoms with Gasteiger partial charge in [-0.2, -0.15) is 0 Å². The molecule has 9 heavy (non-hydrogen) atoms. The van der Waals surface area contributed by atoms with Crippen LogP contribution in [0.25, 0.3) is 0 Å². The van der Waals surface area contributed by atoms with Gasteiger partial charge in [0.05, 0.1) is 11.7 Å². The molecule has 0 spiro atoms. The number of aliphatic hydroxyl groups is 1. The second-order valence-corrected chi connectivity index (χ2v) is 3.02. The second kappa shape index (κ2) is 3.18. The van der Waals surface area contributed by atoms with Crippen molar-refractivity contribution < 1.29 is 9.84 Å². The number of ether oxygens (including phenoxy) is 1. The van der Waals surface area contributed by atoms with Crippen LogP contribution in [0, 0.1) is 0 Å². The molecule has 0 rings (SSSR count). The average Bonchev–Trinajstić information content (AvgIpc) is 1.63. The summed E-state index contributed by atoms with van der Waals surface area (Å²) >= 11 is 0. The molecule has 1 N–H and O–H groups in total. The normalized spacial score (nSPS) is 15.7. The Labute approximate surface area is 56.8 Å². The van der Waals surface area contributed by atoms with E-state index >= 15 is 0 Å². The molecule has 0 unspecified atom stereocenters. The number of aliphatic hydroxyl groups excluding tert-OH is 1. The third-order valence-corrected chi connectivity index (χ3v) is 1.34. The van der Waals surface area contributed by atoms with Gasteiger partial charge in [-0.1, -0.05) is 0 Å². The zero-order chi connectivity index (χ0) is 7.49. The van der Waals surface area contributed by atoms with Crippen molar-refractivity contribution in [3.05, 3.63) is 0 Å². The van der Waals surface area contributed by atoms with Gasteiger partial charge in [-0.15, -0.1) is 0 Å². The van der Waals surface area contributed by atoms with Gasteiger partial charge in [-0.25, -0.2) is 0 Å². The van der Waals surface area contributed by atoms with Crippen LogP contribution in [0.15, 0.2) is 0 Å². The van der Waals surface area contributed by atoms with Crippen LogP contribution in [0.2, 0.25) is 0 Å². The molecule has 0 radical (unpaired) electrons. The van der Waals surface area contributed by atoms with Crippen molar-refractivity contribution in [3.8, 4) is 0 Å². The maximum Gasteiger partial charge on any atom is 0.0647 e. The minimum absolute atomic E-state index is 0.186. The van der Waals surface area contributed by atoms with Crippen LogP contribution in [-0.4, -0.2) is 23.9 Å². The van der Waals surface area contributed by atoms with E-state index in [1.807, 2.05) is 13.8 Å². The van der Waals surface area contributed by atoms with Crippen molar-refractivity contribution in [2.24, 2.45) is 0 Å². The Hall–Kier alpha value is -0.0800. The highest BCUT2D eigenvalue weighted by atomic mass is 16.5. The van der Waals surface area contributed by atoms with Gasteiger partial charge >= 0.3 is 0 Å². The van der Waals surface area contributed by atoms with Crippen LogP contribution >= 0.6 is 0 Å². The second-order valence-electron chi connectivity index (χ2n) is 3.02. The predicted octanol–water partition coefficient (Wildman–Crippen LogP) is 1.18. The maximum absolute atomic E-state index is 8.94. The summed E-state index contributed by atoms with van der Waals surface area (Å²) in [6, 6.07) is 0. The van der Waals surface area contributed by atoms with Crippen molar-refractivity contribution in [3.63, 3.8) is 0 Å². The Morgan fingerprint density at radius 3 is 2.11 bits per heavy atom. The summed E-state index contributed by atoms with van der Waals surface area (Å²) in [6.07, 6.45) is 0.406. The zero-order valence-corrected chi connectivity index (χ0v) is 6.64. The van der Waals surface area contributed by atoms with Gasteiger partial charge in [-0.05, 0) is 20.8 Å². The molecule has 0 amide bonds. The molecule has 0 aliphatic carbocycles. The van der Waals surface area contributed by atoms with E-state index in [9.17, 15) is 0 Å². The first kappa shape index (κ1) is 8.92. The van der Waals surface area contributed by atoms with Crippen molar-refractivity contribution in [2.45, 2.75) is 38.9 Å². The predicted molar refractivity (Wildman–Crippen MR) is 37.4 cm³/mol. The molecule has 1 atom stereocenters. The number of rotatable bonds is 3. The highest BCUT2D eigenvalue weighted by Gasteiger charge is 2.18. The van der Waals surface area contributed by atoms with E-state index in [-0.39, 0.29) is 11.7 Å². The Morgan fingerprint density at radius 1 is 1.56 bits per heavy atom. The molecular formula is C7H16O2. The first-order chi connectivity index (χ1) is 3.98. The van der Waals surface area contributed by atoms with Crippen LogP contribution in [-0.2, 0) is 4.74 Å². The van der Waals surface area contributed by atoms with Gasteiger partial charge < -0.3 is 9.84 Å².